The number of anilines is 1. The van der Waals surface area contributed by atoms with Gasteiger partial charge < -0.3 is 14.8 Å². The van der Waals surface area contributed by atoms with Crippen molar-refractivity contribution in [1.29, 1.82) is 0 Å². The van der Waals surface area contributed by atoms with Gasteiger partial charge in [-0.05, 0) is 30.7 Å². The first-order valence-electron chi connectivity index (χ1n) is 5.94. The number of nitrogens with zero attached hydrogens (tertiary/aromatic N) is 2. The van der Waals surface area contributed by atoms with Crippen LogP contribution in [0.15, 0.2) is 24.3 Å². The van der Waals surface area contributed by atoms with E-state index in [0.29, 0.717) is 11.5 Å². The Labute approximate surface area is 112 Å². The van der Waals surface area contributed by atoms with E-state index in [9.17, 15) is 0 Å². The molecule has 5 heteroatoms. The van der Waals surface area contributed by atoms with E-state index in [1.807, 2.05) is 38.2 Å². The van der Waals surface area contributed by atoms with E-state index < -0.39 is 0 Å². The zero-order valence-electron chi connectivity index (χ0n) is 11.5. The van der Waals surface area contributed by atoms with Crippen molar-refractivity contribution in [2.75, 3.05) is 26.6 Å². The van der Waals surface area contributed by atoms with Gasteiger partial charge in [0, 0.05) is 12.6 Å². The molecule has 2 rings (SSSR count). The Morgan fingerprint density at radius 2 is 1.74 bits per heavy atom. The van der Waals surface area contributed by atoms with Crippen LogP contribution in [-0.2, 0) is 0 Å². The molecule has 0 radical (unpaired) electrons. The zero-order valence-corrected chi connectivity index (χ0v) is 11.5. The fraction of sp³-hybridized carbons (Fsp3) is 0.286. The molecule has 100 valence electrons. The van der Waals surface area contributed by atoms with Gasteiger partial charge >= 0.3 is 0 Å². The Kier molecular flexibility index (Phi) is 3.85. The third-order valence-electron chi connectivity index (χ3n) is 2.93. The van der Waals surface area contributed by atoms with Crippen LogP contribution in [0.2, 0.25) is 0 Å². The number of hydrogen-bond donors (Lipinski definition) is 1. The van der Waals surface area contributed by atoms with Crippen LogP contribution in [0.5, 0.6) is 11.5 Å². The summed E-state index contributed by atoms with van der Waals surface area (Å²) in [5.74, 6) is 2.14. The van der Waals surface area contributed by atoms with E-state index >= 15 is 0 Å². The maximum absolute atomic E-state index is 5.32. The lowest BCUT2D eigenvalue weighted by molar-refractivity contribution is 0.355. The molecule has 19 heavy (non-hydrogen) atoms. The number of methoxy groups -OCH3 is 2. The van der Waals surface area contributed by atoms with E-state index in [1.165, 1.54) is 0 Å². The van der Waals surface area contributed by atoms with Crippen LogP contribution in [-0.4, -0.2) is 31.5 Å². The van der Waals surface area contributed by atoms with Crippen LogP contribution in [0.25, 0.3) is 11.1 Å². The lowest BCUT2D eigenvalue weighted by atomic mass is 10.0. The summed E-state index contributed by atoms with van der Waals surface area (Å²) >= 11 is 0. The summed E-state index contributed by atoms with van der Waals surface area (Å²) in [6.07, 6.45) is 0. The molecule has 0 unspecified atom stereocenters. The third-order valence-corrected chi connectivity index (χ3v) is 2.93. The van der Waals surface area contributed by atoms with Crippen LogP contribution in [0.3, 0.4) is 0 Å². The van der Waals surface area contributed by atoms with Crippen molar-refractivity contribution < 1.29 is 9.47 Å². The zero-order chi connectivity index (χ0) is 13.8. The Bertz CT molecular complexity index is 585. The average Bonchev–Trinajstić information content (AvgIpc) is 2.47. The number of aryl methyl sites for hydroxylation is 1. The van der Waals surface area contributed by atoms with Gasteiger partial charge in [0.2, 0.25) is 0 Å². The smallest absolute Gasteiger partial charge is 0.161 e. The van der Waals surface area contributed by atoms with Crippen molar-refractivity contribution in [1.82, 2.24) is 10.2 Å². The molecule has 0 fully saturated rings. The highest BCUT2D eigenvalue weighted by molar-refractivity contribution is 5.71. The van der Waals surface area contributed by atoms with Gasteiger partial charge in [-0.15, -0.1) is 5.10 Å². The fourth-order valence-electron chi connectivity index (χ4n) is 1.87. The summed E-state index contributed by atoms with van der Waals surface area (Å²) in [7, 11) is 5.06. The highest BCUT2D eigenvalue weighted by atomic mass is 16.5. The monoisotopic (exact) mass is 259 g/mol. The van der Waals surface area contributed by atoms with Gasteiger partial charge in [-0.3, -0.25) is 0 Å². The molecule has 0 bridgehead atoms. The van der Waals surface area contributed by atoms with E-state index in [-0.39, 0.29) is 0 Å². The van der Waals surface area contributed by atoms with E-state index in [0.717, 1.165) is 22.6 Å². The van der Waals surface area contributed by atoms with Crippen molar-refractivity contribution >= 4 is 5.82 Å². The molecule has 1 heterocycles. The van der Waals surface area contributed by atoms with Gasteiger partial charge in [0.15, 0.2) is 11.5 Å². The molecule has 0 saturated heterocycles. The molecule has 5 nitrogen and oxygen atoms in total. The molecule has 0 aliphatic rings. The molecule has 0 amide bonds. The fourth-order valence-corrected chi connectivity index (χ4v) is 1.87. The van der Waals surface area contributed by atoms with Crippen LogP contribution < -0.4 is 14.8 Å². The summed E-state index contributed by atoms with van der Waals surface area (Å²) in [4.78, 5) is 0. The summed E-state index contributed by atoms with van der Waals surface area (Å²) < 4.78 is 10.6. The molecule has 2 aromatic rings. The number of aromatic nitrogens is 2. The van der Waals surface area contributed by atoms with Gasteiger partial charge in [0.25, 0.3) is 0 Å². The number of hydrogen-bond acceptors (Lipinski definition) is 5. The molecular weight excluding hydrogens is 242 g/mol. The summed E-state index contributed by atoms with van der Waals surface area (Å²) in [6, 6.07) is 7.75. The molecule has 0 spiro atoms. The molecule has 0 aliphatic carbocycles. The van der Waals surface area contributed by atoms with Crippen molar-refractivity contribution in [2.45, 2.75) is 6.92 Å². The van der Waals surface area contributed by atoms with Crippen LogP contribution in [0.1, 0.15) is 5.69 Å². The third kappa shape index (κ3) is 2.59. The van der Waals surface area contributed by atoms with Gasteiger partial charge in [-0.25, -0.2) is 0 Å². The first kappa shape index (κ1) is 13.1. The second-order valence-corrected chi connectivity index (χ2v) is 4.05. The van der Waals surface area contributed by atoms with Crippen molar-refractivity contribution in [3.05, 3.63) is 30.0 Å². The van der Waals surface area contributed by atoms with Crippen LogP contribution in [0.4, 0.5) is 5.82 Å². The Balaban J connectivity index is 2.52. The molecule has 1 aromatic heterocycles. The van der Waals surface area contributed by atoms with Crippen LogP contribution in [0, 0.1) is 6.92 Å². The number of nitrogens with one attached hydrogen (secondary N) is 1. The molecule has 0 atom stereocenters. The van der Waals surface area contributed by atoms with Crippen molar-refractivity contribution in [3.8, 4) is 22.6 Å². The number of benzene rings is 1. The average molecular weight is 259 g/mol. The Morgan fingerprint density at radius 1 is 1.00 bits per heavy atom. The molecule has 0 saturated carbocycles. The minimum atomic E-state index is 0.696. The predicted molar refractivity (Wildman–Crippen MR) is 74.9 cm³/mol. The molecular formula is C14H17N3O2. The molecule has 1 aromatic carbocycles. The number of ether oxygens (including phenoxy) is 2. The first-order valence-corrected chi connectivity index (χ1v) is 5.94. The highest BCUT2D eigenvalue weighted by Crippen LogP contribution is 2.33. The second-order valence-electron chi connectivity index (χ2n) is 4.05. The highest BCUT2D eigenvalue weighted by Gasteiger charge is 2.10. The van der Waals surface area contributed by atoms with E-state index in [1.54, 1.807) is 14.2 Å². The van der Waals surface area contributed by atoms with Gasteiger partial charge in [-0.2, -0.15) is 5.10 Å². The maximum Gasteiger partial charge on any atom is 0.161 e. The van der Waals surface area contributed by atoms with Crippen molar-refractivity contribution in [3.63, 3.8) is 0 Å². The minimum absolute atomic E-state index is 0.696. The Morgan fingerprint density at radius 3 is 2.37 bits per heavy atom. The topological polar surface area (TPSA) is 56.3 Å². The van der Waals surface area contributed by atoms with Crippen molar-refractivity contribution in [2.24, 2.45) is 0 Å². The molecule has 1 N–H and O–H groups in total. The number of rotatable bonds is 4. The summed E-state index contributed by atoms with van der Waals surface area (Å²) in [5.41, 5.74) is 2.90. The largest absolute Gasteiger partial charge is 0.493 e. The summed E-state index contributed by atoms with van der Waals surface area (Å²) in [6.45, 7) is 1.93. The second kappa shape index (κ2) is 5.56. The van der Waals surface area contributed by atoms with E-state index in [2.05, 4.69) is 15.5 Å². The minimum Gasteiger partial charge on any atom is -0.493 e. The van der Waals surface area contributed by atoms with Crippen LogP contribution >= 0.6 is 0 Å². The normalized spacial score (nSPS) is 10.1. The lowest BCUT2D eigenvalue weighted by Crippen LogP contribution is -1.98. The van der Waals surface area contributed by atoms with Gasteiger partial charge in [0.05, 0.1) is 19.9 Å². The van der Waals surface area contributed by atoms with Gasteiger partial charge in [-0.1, -0.05) is 6.07 Å². The quantitative estimate of drug-likeness (QED) is 0.914. The van der Waals surface area contributed by atoms with Gasteiger partial charge in [0.1, 0.15) is 5.82 Å². The maximum atomic E-state index is 5.32. The SMILES string of the molecule is CNc1cc(-c2ccc(OC)c(OC)c2)c(C)nn1. The van der Waals surface area contributed by atoms with E-state index in [4.69, 9.17) is 9.47 Å². The Hall–Kier alpha value is -2.30. The summed E-state index contributed by atoms with van der Waals surface area (Å²) in [5, 5.41) is 11.2. The molecule has 0 aliphatic heterocycles. The standard InChI is InChI=1S/C14H17N3O2/c1-9-11(8-14(15-2)17-16-9)10-5-6-12(18-3)13(7-10)19-4/h5-8H,1-4H3,(H,15,17). The first-order chi connectivity index (χ1) is 9.19. The lowest BCUT2D eigenvalue weighted by Gasteiger charge is -2.11. The predicted octanol–water partition coefficient (Wildman–Crippen LogP) is 2.51.